The number of carbonyl (C=O) groups excluding carboxylic acids is 2. The van der Waals surface area contributed by atoms with Crippen LogP contribution in [0.15, 0.2) is 47.4 Å². The van der Waals surface area contributed by atoms with Crippen LogP contribution < -0.4 is 10.1 Å². The van der Waals surface area contributed by atoms with E-state index in [0.717, 1.165) is 56.9 Å². The van der Waals surface area contributed by atoms with Gasteiger partial charge >= 0.3 is 0 Å². The predicted octanol–water partition coefficient (Wildman–Crippen LogP) is 5.63. The molecule has 2 N–H and O–H groups in total. The molecule has 47 heavy (non-hydrogen) atoms. The van der Waals surface area contributed by atoms with Gasteiger partial charge < -0.3 is 24.8 Å². The van der Waals surface area contributed by atoms with E-state index in [9.17, 15) is 23.1 Å². The first-order valence-electron chi connectivity index (χ1n) is 17.1. The maximum absolute atomic E-state index is 14.4. The van der Waals surface area contributed by atoms with E-state index in [2.05, 4.69) is 5.32 Å². The Balaban J connectivity index is 1.62. The lowest BCUT2D eigenvalue weighted by Gasteiger charge is -2.35. The Labute approximate surface area is 280 Å². The molecule has 2 aromatic carbocycles. The van der Waals surface area contributed by atoms with E-state index in [-0.39, 0.29) is 54.3 Å². The summed E-state index contributed by atoms with van der Waals surface area (Å²) in [6.07, 6.45) is 6.57. The molecule has 1 aliphatic carbocycles. The van der Waals surface area contributed by atoms with E-state index in [1.807, 2.05) is 20.8 Å². The van der Waals surface area contributed by atoms with Gasteiger partial charge in [-0.1, -0.05) is 43.9 Å². The lowest BCUT2D eigenvalue weighted by Crippen LogP contribution is -2.48. The highest BCUT2D eigenvalue weighted by Crippen LogP contribution is 2.30. The SMILES string of the molecule is Cc1ccc(S(=O)(=O)N(C)C[C@H]2OCCCC[C@H](C)Oc3ccc(NC(=O)C4CCCCC4)cc3C(=O)N([C@H](C)CO)C[C@@H]2C)cc1. The molecule has 2 aliphatic rings. The molecule has 4 atom stereocenters. The van der Waals surface area contributed by atoms with Crippen molar-refractivity contribution in [3.8, 4) is 5.75 Å². The molecular formula is C36H53N3O7S. The number of aryl methyl sites for hydroxylation is 1. The number of benzene rings is 2. The lowest BCUT2D eigenvalue weighted by atomic mass is 9.88. The number of nitrogens with zero attached hydrogens (tertiary/aromatic N) is 2. The highest BCUT2D eigenvalue weighted by atomic mass is 32.2. The van der Waals surface area contributed by atoms with Crippen molar-refractivity contribution in [1.29, 1.82) is 0 Å². The molecule has 0 aromatic heterocycles. The number of likely N-dealkylation sites (N-methyl/N-ethyl adjacent to an activating group) is 1. The van der Waals surface area contributed by atoms with Crippen molar-refractivity contribution in [2.75, 3.05) is 38.7 Å². The summed E-state index contributed by atoms with van der Waals surface area (Å²) in [6, 6.07) is 11.4. The van der Waals surface area contributed by atoms with E-state index in [0.29, 0.717) is 23.6 Å². The summed E-state index contributed by atoms with van der Waals surface area (Å²) in [6.45, 7) is 8.05. The number of hydrogen-bond acceptors (Lipinski definition) is 7. The number of sulfonamides is 1. The molecular weight excluding hydrogens is 618 g/mol. The first-order valence-corrected chi connectivity index (χ1v) is 18.5. The molecule has 4 rings (SSSR count). The van der Waals surface area contributed by atoms with Crippen molar-refractivity contribution in [2.24, 2.45) is 11.8 Å². The Morgan fingerprint density at radius 1 is 1.04 bits per heavy atom. The third-order valence-corrected chi connectivity index (χ3v) is 11.3. The summed E-state index contributed by atoms with van der Waals surface area (Å²) in [5.41, 5.74) is 1.80. The van der Waals surface area contributed by atoms with Crippen LogP contribution in [0.1, 0.15) is 88.1 Å². The number of amides is 2. The number of aliphatic hydroxyl groups excluding tert-OH is 1. The topological polar surface area (TPSA) is 125 Å². The monoisotopic (exact) mass is 671 g/mol. The molecule has 2 amide bonds. The maximum atomic E-state index is 14.4. The Kier molecular flexibility index (Phi) is 13.2. The van der Waals surface area contributed by atoms with Gasteiger partial charge in [0.25, 0.3) is 5.91 Å². The Morgan fingerprint density at radius 3 is 2.40 bits per heavy atom. The van der Waals surface area contributed by atoms with Gasteiger partial charge in [-0.15, -0.1) is 0 Å². The van der Waals surface area contributed by atoms with Crippen molar-refractivity contribution < 1.29 is 32.6 Å². The summed E-state index contributed by atoms with van der Waals surface area (Å²) in [4.78, 5) is 29.3. The zero-order valence-corrected chi connectivity index (χ0v) is 29.4. The quantitative estimate of drug-likeness (QED) is 0.373. The van der Waals surface area contributed by atoms with Crippen molar-refractivity contribution in [3.05, 3.63) is 53.6 Å². The van der Waals surface area contributed by atoms with E-state index in [1.165, 1.54) is 4.31 Å². The van der Waals surface area contributed by atoms with Crippen LogP contribution in [-0.2, 0) is 19.6 Å². The van der Waals surface area contributed by atoms with Gasteiger partial charge in [-0.25, -0.2) is 8.42 Å². The van der Waals surface area contributed by atoms with Crippen molar-refractivity contribution in [1.82, 2.24) is 9.21 Å². The molecule has 1 fully saturated rings. The van der Waals surface area contributed by atoms with Gasteiger partial charge in [0.15, 0.2) is 0 Å². The van der Waals surface area contributed by atoms with Crippen molar-refractivity contribution >= 4 is 27.5 Å². The molecule has 0 bridgehead atoms. The number of aliphatic hydroxyl groups is 1. The molecule has 260 valence electrons. The predicted molar refractivity (Wildman–Crippen MR) is 183 cm³/mol. The van der Waals surface area contributed by atoms with Gasteiger partial charge in [0.1, 0.15) is 5.75 Å². The third kappa shape index (κ3) is 9.78. The van der Waals surface area contributed by atoms with Gasteiger partial charge in [0.2, 0.25) is 15.9 Å². The molecule has 0 unspecified atom stereocenters. The first kappa shape index (κ1) is 36.8. The second-order valence-electron chi connectivity index (χ2n) is 13.4. The van der Waals surface area contributed by atoms with E-state index in [4.69, 9.17) is 9.47 Å². The number of nitrogens with one attached hydrogen (secondary N) is 1. The number of anilines is 1. The van der Waals surface area contributed by atoms with Crippen LogP contribution >= 0.6 is 0 Å². The fourth-order valence-electron chi connectivity index (χ4n) is 6.31. The van der Waals surface area contributed by atoms with Crippen LogP contribution in [0.5, 0.6) is 5.75 Å². The molecule has 1 aliphatic heterocycles. The Bertz CT molecular complexity index is 1440. The van der Waals surface area contributed by atoms with Gasteiger partial charge in [-0.2, -0.15) is 4.31 Å². The number of rotatable bonds is 8. The Morgan fingerprint density at radius 2 is 1.72 bits per heavy atom. The van der Waals surface area contributed by atoms with E-state index < -0.39 is 22.2 Å². The fourth-order valence-corrected chi connectivity index (χ4v) is 7.50. The second-order valence-corrected chi connectivity index (χ2v) is 15.5. The van der Waals surface area contributed by atoms with Crippen LogP contribution in [0.3, 0.4) is 0 Å². The van der Waals surface area contributed by atoms with Crippen LogP contribution in [0.4, 0.5) is 5.69 Å². The van der Waals surface area contributed by atoms with Crippen molar-refractivity contribution in [3.63, 3.8) is 0 Å². The molecule has 0 spiro atoms. The van der Waals surface area contributed by atoms with Gasteiger partial charge in [0, 0.05) is 44.3 Å². The molecule has 10 nitrogen and oxygen atoms in total. The average molecular weight is 672 g/mol. The second kappa shape index (κ2) is 16.9. The lowest BCUT2D eigenvalue weighted by molar-refractivity contribution is -0.120. The van der Waals surface area contributed by atoms with Crippen LogP contribution in [0.2, 0.25) is 0 Å². The normalized spacial score (nSPS) is 23.0. The van der Waals surface area contributed by atoms with Gasteiger partial charge in [0.05, 0.1) is 35.3 Å². The van der Waals surface area contributed by atoms with Crippen LogP contribution in [0, 0.1) is 18.8 Å². The summed E-state index contributed by atoms with van der Waals surface area (Å²) < 4.78 is 40.9. The van der Waals surface area contributed by atoms with Gasteiger partial charge in [-0.3, -0.25) is 9.59 Å². The number of carbonyl (C=O) groups is 2. The average Bonchev–Trinajstić information content (AvgIpc) is 3.06. The zero-order valence-electron chi connectivity index (χ0n) is 28.6. The van der Waals surface area contributed by atoms with Gasteiger partial charge in [-0.05, 0) is 83.2 Å². The minimum atomic E-state index is -3.77. The summed E-state index contributed by atoms with van der Waals surface area (Å²) in [7, 11) is -2.22. The van der Waals surface area contributed by atoms with Crippen LogP contribution in [0.25, 0.3) is 0 Å². The minimum absolute atomic E-state index is 0.0359. The minimum Gasteiger partial charge on any atom is -0.490 e. The molecule has 1 heterocycles. The fraction of sp³-hybridized carbons (Fsp3) is 0.611. The molecule has 11 heteroatoms. The largest absolute Gasteiger partial charge is 0.490 e. The summed E-state index contributed by atoms with van der Waals surface area (Å²) in [5, 5.41) is 13.3. The Hall–Kier alpha value is -2.99. The molecule has 0 radical (unpaired) electrons. The molecule has 2 aromatic rings. The van der Waals surface area contributed by atoms with E-state index in [1.54, 1.807) is 61.3 Å². The summed E-state index contributed by atoms with van der Waals surface area (Å²) in [5.74, 6) is -0.281. The number of fused-ring (bicyclic) bond motifs is 1. The highest BCUT2D eigenvalue weighted by Gasteiger charge is 2.32. The third-order valence-electron chi connectivity index (χ3n) is 9.46. The highest BCUT2D eigenvalue weighted by molar-refractivity contribution is 7.89. The maximum Gasteiger partial charge on any atom is 0.258 e. The molecule has 0 saturated heterocycles. The van der Waals surface area contributed by atoms with E-state index >= 15 is 0 Å². The standard InChI is InChI=1S/C36H53N3O7S/c1-25-14-17-31(18-15-25)47(43,44)38(5)23-34-26(2)22-39(27(3)24-40)36(42)32-21-30(37-35(41)29-12-7-6-8-13-29)16-19-33(32)46-28(4)11-9-10-20-45-34/h14-19,21,26-29,34,40H,6-13,20,22-24H2,1-5H3,(H,37,41)/t26-,27+,28-,34+/m0/s1. The first-order chi connectivity index (χ1) is 22.4. The smallest absolute Gasteiger partial charge is 0.258 e. The number of hydrogen-bond donors (Lipinski definition) is 2. The van der Waals surface area contributed by atoms with Crippen LogP contribution in [-0.4, -0.2) is 86.1 Å². The summed E-state index contributed by atoms with van der Waals surface area (Å²) >= 11 is 0. The molecule has 1 saturated carbocycles. The zero-order chi connectivity index (χ0) is 34.1. The van der Waals surface area contributed by atoms with Crippen molar-refractivity contribution in [2.45, 2.75) is 102 Å². The number of ether oxygens (including phenoxy) is 2.